The zero-order valence-electron chi connectivity index (χ0n) is 19.2. The second-order valence-electron chi connectivity index (χ2n) is 8.25. The maximum absolute atomic E-state index is 14.2. The summed E-state index contributed by atoms with van der Waals surface area (Å²) in [4.78, 5) is 11.8. The van der Waals surface area contributed by atoms with Crippen LogP contribution in [-0.4, -0.2) is 21.5 Å². The number of allylic oxidation sites excluding steroid dienone is 2. The van der Waals surface area contributed by atoms with Crippen molar-refractivity contribution in [3.05, 3.63) is 117 Å². The average molecular weight is 500 g/mol. The van der Waals surface area contributed by atoms with Crippen molar-refractivity contribution in [3.63, 3.8) is 0 Å². The molecular weight excluding hydrogens is 478 g/mol. The highest BCUT2D eigenvalue weighted by atomic mass is 32.2. The summed E-state index contributed by atoms with van der Waals surface area (Å²) in [5.74, 6) is -1.63. The van der Waals surface area contributed by atoms with E-state index in [9.17, 15) is 18.5 Å². The SMILES string of the molecule is COC(=O)c1ccc(C2C(C#N)=C(N)OC3=C2S(=O)(=O)N(Cc2ccccc2)c2ccccc23)cc1. The number of hydrogen-bond acceptors (Lipinski definition) is 7. The Morgan fingerprint density at radius 1 is 1.06 bits per heavy atom. The molecule has 3 aromatic carbocycles. The van der Waals surface area contributed by atoms with E-state index >= 15 is 0 Å². The normalized spacial score (nSPS) is 18.0. The summed E-state index contributed by atoms with van der Waals surface area (Å²) in [7, 11) is -2.90. The molecule has 0 amide bonds. The van der Waals surface area contributed by atoms with Gasteiger partial charge in [-0.2, -0.15) is 5.26 Å². The lowest BCUT2D eigenvalue weighted by Crippen LogP contribution is -2.39. The second kappa shape index (κ2) is 8.91. The number of anilines is 1. The van der Waals surface area contributed by atoms with Crippen LogP contribution < -0.4 is 10.0 Å². The van der Waals surface area contributed by atoms with Crippen molar-refractivity contribution < 1.29 is 22.7 Å². The first-order chi connectivity index (χ1) is 17.4. The van der Waals surface area contributed by atoms with E-state index in [0.29, 0.717) is 22.4 Å². The Balaban J connectivity index is 1.72. The molecule has 0 aliphatic carbocycles. The van der Waals surface area contributed by atoms with Crippen LogP contribution >= 0.6 is 0 Å². The number of nitriles is 1. The molecule has 180 valence electrons. The largest absolute Gasteiger partial charge is 0.465 e. The number of para-hydroxylation sites is 1. The molecule has 0 fully saturated rings. The Hall–Kier alpha value is -4.55. The van der Waals surface area contributed by atoms with Gasteiger partial charge in [0.15, 0.2) is 5.76 Å². The van der Waals surface area contributed by atoms with E-state index in [1.807, 2.05) is 36.4 Å². The third-order valence-electron chi connectivity index (χ3n) is 6.19. The third-order valence-corrected chi connectivity index (χ3v) is 8.08. The lowest BCUT2D eigenvalue weighted by Gasteiger charge is -2.38. The zero-order valence-corrected chi connectivity index (χ0v) is 20.0. The smallest absolute Gasteiger partial charge is 0.337 e. The van der Waals surface area contributed by atoms with Gasteiger partial charge in [0.25, 0.3) is 10.0 Å². The van der Waals surface area contributed by atoms with Gasteiger partial charge in [0.05, 0.1) is 30.8 Å². The summed E-state index contributed by atoms with van der Waals surface area (Å²) in [6.07, 6.45) is 0. The first-order valence-corrected chi connectivity index (χ1v) is 12.5. The molecule has 3 aromatic rings. The molecule has 1 unspecified atom stereocenters. The van der Waals surface area contributed by atoms with Crippen molar-refractivity contribution >= 4 is 27.4 Å². The van der Waals surface area contributed by atoms with Gasteiger partial charge in [-0.05, 0) is 35.4 Å². The third kappa shape index (κ3) is 3.68. The summed E-state index contributed by atoms with van der Waals surface area (Å²) in [5, 5.41) is 9.96. The number of carbonyl (C=O) groups is 1. The van der Waals surface area contributed by atoms with Crippen LogP contribution in [0.15, 0.2) is 95.2 Å². The van der Waals surface area contributed by atoms with E-state index in [1.165, 1.54) is 23.5 Å². The number of fused-ring (bicyclic) bond motifs is 2. The first kappa shape index (κ1) is 23.2. The number of carbonyl (C=O) groups excluding carboxylic acids is 1. The lowest BCUT2D eigenvalue weighted by atomic mass is 9.88. The van der Waals surface area contributed by atoms with E-state index in [1.54, 1.807) is 36.4 Å². The van der Waals surface area contributed by atoms with Crippen molar-refractivity contribution in [2.45, 2.75) is 12.5 Å². The molecule has 0 radical (unpaired) electrons. The molecule has 36 heavy (non-hydrogen) atoms. The Labute approximate surface area is 208 Å². The molecule has 2 heterocycles. The number of ether oxygens (including phenoxy) is 2. The molecule has 2 aliphatic heterocycles. The number of benzene rings is 3. The fourth-order valence-electron chi connectivity index (χ4n) is 4.49. The molecule has 8 nitrogen and oxygen atoms in total. The van der Waals surface area contributed by atoms with Crippen molar-refractivity contribution in [2.75, 3.05) is 11.4 Å². The fraction of sp³-hybridized carbons (Fsp3) is 0.111. The van der Waals surface area contributed by atoms with Crippen LogP contribution in [0, 0.1) is 11.3 Å². The van der Waals surface area contributed by atoms with E-state index in [0.717, 1.165) is 5.56 Å². The Morgan fingerprint density at radius 2 is 1.72 bits per heavy atom. The number of methoxy groups -OCH3 is 1. The highest BCUT2D eigenvalue weighted by molar-refractivity contribution is 7.96. The minimum atomic E-state index is -4.18. The molecule has 0 spiro atoms. The summed E-state index contributed by atoms with van der Waals surface area (Å²) in [6.45, 7) is 0.0893. The van der Waals surface area contributed by atoms with E-state index in [4.69, 9.17) is 15.2 Å². The highest BCUT2D eigenvalue weighted by Gasteiger charge is 2.47. The van der Waals surface area contributed by atoms with Gasteiger partial charge in [-0.25, -0.2) is 13.2 Å². The minimum absolute atomic E-state index is 0.0258. The van der Waals surface area contributed by atoms with Gasteiger partial charge in [0.2, 0.25) is 5.88 Å². The maximum atomic E-state index is 14.2. The molecule has 2 aliphatic rings. The molecule has 0 bridgehead atoms. The number of hydrogen-bond donors (Lipinski definition) is 1. The molecule has 0 aromatic heterocycles. The van der Waals surface area contributed by atoms with Crippen LogP contribution in [0.3, 0.4) is 0 Å². The molecular formula is C27H21N3O5S. The molecule has 0 saturated carbocycles. The lowest BCUT2D eigenvalue weighted by molar-refractivity contribution is 0.0600. The number of rotatable bonds is 4. The van der Waals surface area contributed by atoms with E-state index in [2.05, 4.69) is 0 Å². The number of esters is 1. The van der Waals surface area contributed by atoms with E-state index in [-0.39, 0.29) is 28.7 Å². The Kier molecular flexibility index (Phi) is 5.74. The number of nitrogens with zero attached hydrogens (tertiary/aromatic N) is 2. The fourth-order valence-corrected chi connectivity index (χ4v) is 6.40. The van der Waals surface area contributed by atoms with Gasteiger partial charge < -0.3 is 15.2 Å². The van der Waals surface area contributed by atoms with Crippen LogP contribution in [0.25, 0.3) is 5.76 Å². The number of sulfonamides is 1. The van der Waals surface area contributed by atoms with Crippen molar-refractivity contribution in [1.82, 2.24) is 0 Å². The molecule has 2 N–H and O–H groups in total. The molecule has 5 rings (SSSR count). The van der Waals surface area contributed by atoms with Crippen molar-refractivity contribution in [2.24, 2.45) is 5.73 Å². The van der Waals surface area contributed by atoms with Crippen LogP contribution in [0.5, 0.6) is 0 Å². The molecule has 0 saturated heterocycles. The minimum Gasteiger partial charge on any atom is -0.465 e. The Morgan fingerprint density at radius 3 is 2.39 bits per heavy atom. The van der Waals surface area contributed by atoms with E-state index < -0.39 is 21.9 Å². The standard InChI is InChI=1S/C27H21N3O5S/c1-34-27(31)19-13-11-18(12-14-19)23-21(15-28)26(29)35-24-20-9-5-6-10-22(20)30(36(32,33)25(23)24)16-17-7-3-2-4-8-17/h2-14,23H,16,29H2,1H3. The van der Waals surface area contributed by atoms with Crippen molar-refractivity contribution in [1.29, 1.82) is 5.26 Å². The van der Waals surface area contributed by atoms with Gasteiger partial charge in [-0.15, -0.1) is 0 Å². The molecule has 1 atom stereocenters. The van der Waals surface area contributed by atoms with Crippen molar-refractivity contribution in [3.8, 4) is 6.07 Å². The van der Waals surface area contributed by atoms with Crippen LogP contribution in [-0.2, 0) is 26.0 Å². The zero-order chi connectivity index (χ0) is 25.4. The van der Waals surface area contributed by atoms with Crippen LogP contribution in [0.2, 0.25) is 0 Å². The number of nitrogens with two attached hydrogens (primary N) is 1. The predicted octanol–water partition coefficient (Wildman–Crippen LogP) is 4.00. The van der Waals surface area contributed by atoms with Gasteiger partial charge >= 0.3 is 5.97 Å². The molecule has 9 heteroatoms. The first-order valence-electron chi connectivity index (χ1n) is 11.0. The van der Waals surface area contributed by atoms with Crippen LogP contribution in [0.4, 0.5) is 5.69 Å². The predicted molar refractivity (Wildman–Crippen MR) is 133 cm³/mol. The second-order valence-corrected chi connectivity index (χ2v) is 10.1. The summed E-state index contributed by atoms with van der Waals surface area (Å²) < 4.78 is 40.4. The van der Waals surface area contributed by atoms with Crippen LogP contribution in [0.1, 0.15) is 33.0 Å². The summed E-state index contributed by atoms with van der Waals surface area (Å²) in [6, 6.07) is 24.5. The topological polar surface area (TPSA) is 123 Å². The maximum Gasteiger partial charge on any atom is 0.337 e. The highest BCUT2D eigenvalue weighted by Crippen LogP contribution is 2.51. The Bertz CT molecular complexity index is 1570. The quantitative estimate of drug-likeness (QED) is 0.538. The van der Waals surface area contributed by atoms with Gasteiger partial charge in [-0.1, -0.05) is 54.6 Å². The monoisotopic (exact) mass is 499 g/mol. The van der Waals surface area contributed by atoms with Gasteiger partial charge in [-0.3, -0.25) is 4.31 Å². The van der Waals surface area contributed by atoms with Gasteiger partial charge in [0.1, 0.15) is 16.5 Å². The van der Waals surface area contributed by atoms with Gasteiger partial charge in [0, 0.05) is 5.56 Å². The summed E-state index contributed by atoms with van der Waals surface area (Å²) >= 11 is 0. The average Bonchev–Trinajstić information content (AvgIpc) is 2.90. The summed E-state index contributed by atoms with van der Waals surface area (Å²) in [5.41, 5.74) is 8.68.